The Hall–Kier alpha value is -3.47. The van der Waals surface area contributed by atoms with E-state index in [9.17, 15) is 14.4 Å². The predicted octanol–water partition coefficient (Wildman–Crippen LogP) is 5.07. The van der Waals surface area contributed by atoms with E-state index in [2.05, 4.69) is 19.9 Å². The molecule has 0 saturated carbocycles. The highest BCUT2D eigenvalue weighted by Gasteiger charge is 2.33. The van der Waals surface area contributed by atoms with Crippen LogP contribution in [0.3, 0.4) is 0 Å². The molecule has 33 heavy (non-hydrogen) atoms. The van der Waals surface area contributed by atoms with Crippen molar-refractivity contribution in [3.63, 3.8) is 0 Å². The van der Waals surface area contributed by atoms with Crippen LogP contribution in [0.15, 0.2) is 54.2 Å². The number of aromatic nitrogens is 1. The Morgan fingerprint density at radius 3 is 2.42 bits per heavy atom. The van der Waals surface area contributed by atoms with Crippen LogP contribution in [0.4, 0.5) is 0 Å². The number of allylic oxidation sites excluding steroid dienone is 1. The van der Waals surface area contributed by atoms with Gasteiger partial charge in [0, 0.05) is 40.9 Å². The Labute approximate surface area is 193 Å². The molecule has 1 saturated heterocycles. The van der Waals surface area contributed by atoms with E-state index in [1.807, 2.05) is 27.8 Å². The first kappa shape index (κ1) is 21.4. The Bertz CT molecular complexity index is 1280. The number of likely N-dealkylation sites (tertiary alicyclic amines) is 1. The molecule has 1 aliphatic carbocycles. The second kappa shape index (κ2) is 8.47. The third-order valence-electron chi connectivity index (χ3n) is 7.03. The Kier molecular flexibility index (Phi) is 5.49. The van der Waals surface area contributed by atoms with E-state index < -0.39 is 0 Å². The number of rotatable bonds is 4. The number of piperidine rings is 1. The van der Waals surface area contributed by atoms with Gasteiger partial charge in [0.2, 0.25) is 5.91 Å². The van der Waals surface area contributed by atoms with Crippen molar-refractivity contribution in [1.82, 2.24) is 9.47 Å². The van der Waals surface area contributed by atoms with Crippen LogP contribution in [0.5, 0.6) is 0 Å². The summed E-state index contributed by atoms with van der Waals surface area (Å²) in [6, 6.07) is 13.3. The first-order chi connectivity index (χ1) is 16.0. The number of nitrogens with zero attached hydrogens (tertiary/aromatic N) is 2. The molecule has 2 aliphatic rings. The van der Waals surface area contributed by atoms with E-state index >= 15 is 0 Å². The molecule has 5 nitrogen and oxygen atoms in total. The minimum atomic E-state index is -0.235. The lowest BCUT2D eigenvalue weighted by atomic mass is 10.0. The number of aryl methyl sites for hydroxylation is 1. The van der Waals surface area contributed by atoms with Crippen molar-refractivity contribution in [3.8, 4) is 0 Å². The molecule has 0 bridgehead atoms. The number of benzene rings is 2. The van der Waals surface area contributed by atoms with Crippen molar-refractivity contribution in [2.75, 3.05) is 6.54 Å². The zero-order chi connectivity index (χ0) is 23.1. The topological polar surface area (TPSA) is 59.4 Å². The van der Waals surface area contributed by atoms with Crippen molar-refractivity contribution in [3.05, 3.63) is 76.5 Å². The predicted molar refractivity (Wildman–Crippen MR) is 129 cm³/mol. The SMILES string of the molecule is CCc1cccc2c(C=C3C(=O)c4ccccc4C3=O)cn(CC(=O)N3CCCC[C@@H]3C)c12. The van der Waals surface area contributed by atoms with Crippen LogP contribution >= 0.6 is 0 Å². The molecule has 5 heteroatoms. The van der Waals surface area contributed by atoms with Gasteiger partial charge in [-0.3, -0.25) is 14.4 Å². The third kappa shape index (κ3) is 3.62. The van der Waals surface area contributed by atoms with Gasteiger partial charge >= 0.3 is 0 Å². The molecular formula is C28H28N2O3. The summed E-state index contributed by atoms with van der Waals surface area (Å²) < 4.78 is 2.00. The molecule has 1 aliphatic heterocycles. The quantitative estimate of drug-likeness (QED) is 0.421. The molecule has 0 spiro atoms. The molecule has 3 aromatic rings. The molecule has 2 aromatic carbocycles. The summed E-state index contributed by atoms with van der Waals surface area (Å²) in [4.78, 5) is 41.1. The van der Waals surface area contributed by atoms with Crippen LogP contribution < -0.4 is 0 Å². The molecule has 0 N–H and O–H groups in total. The van der Waals surface area contributed by atoms with Crippen molar-refractivity contribution < 1.29 is 14.4 Å². The number of hydrogen-bond acceptors (Lipinski definition) is 3. The maximum absolute atomic E-state index is 13.2. The molecule has 0 unspecified atom stereocenters. The number of hydrogen-bond donors (Lipinski definition) is 0. The minimum absolute atomic E-state index is 0.115. The van der Waals surface area contributed by atoms with Crippen molar-refractivity contribution in [2.45, 2.75) is 52.1 Å². The summed E-state index contributed by atoms with van der Waals surface area (Å²) in [5, 5.41) is 0.956. The fourth-order valence-corrected chi connectivity index (χ4v) is 5.25. The van der Waals surface area contributed by atoms with Gasteiger partial charge in [-0.05, 0) is 44.2 Å². The van der Waals surface area contributed by atoms with Crippen molar-refractivity contribution in [2.24, 2.45) is 0 Å². The van der Waals surface area contributed by atoms with Gasteiger partial charge in [0.1, 0.15) is 6.54 Å². The van der Waals surface area contributed by atoms with Crippen LogP contribution in [0, 0.1) is 0 Å². The van der Waals surface area contributed by atoms with Crippen LogP contribution in [-0.2, 0) is 17.8 Å². The van der Waals surface area contributed by atoms with E-state index in [0.29, 0.717) is 11.1 Å². The zero-order valence-electron chi connectivity index (χ0n) is 19.1. The van der Waals surface area contributed by atoms with E-state index in [4.69, 9.17) is 0 Å². The number of ketones is 2. The van der Waals surface area contributed by atoms with Crippen LogP contribution in [-0.4, -0.2) is 39.5 Å². The van der Waals surface area contributed by atoms with Gasteiger partial charge in [0.15, 0.2) is 11.6 Å². The van der Waals surface area contributed by atoms with E-state index in [1.165, 1.54) is 6.42 Å². The number of carbonyl (C=O) groups is 3. The second-order valence-electron chi connectivity index (χ2n) is 9.07. The summed E-state index contributed by atoms with van der Waals surface area (Å²) in [6.07, 6.45) is 7.71. The van der Waals surface area contributed by atoms with E-state index in [-0.39, 0.29) is 35.6 Å². The molecule has 1 fully saturated rings. The fourth-order valence-electron chi connectivity index (χ4n) is 5.25. The van der Waals surface area contributed by atoms with Gasteiger partial charge < -0.3 is 9.47 Å². The molecule has 5 rings (SSSR count). The van der Waals surface area contributed by atoms with Gasteiger partial charge in [-0.1, -0.05) is 49.4 Å². The van der Waals surface area contributed by atoms with Gasteiger partial charge in [-0.25, -0.2) is 0 Å². The average molecular weight is 441 g/mol. The molecule has 0 radical (unpaired) electrons. The number of para-hydroxylation sites is 1. The number of amides is 1. The maximum atomic E-state index is 13.2. The Morgan fingerprint density at radius 2 is 1.76 bits per heavy atom. The van der Waals surface area contributed by atoms with Crippen molar-refractivity contribution in [1.29, 1.82) is 0 Å². The number of Topliss-reactive ketones (excluding diaryl/α,β-unsaturated/α-hetero) is 2. The number of carbonyl (C=O) groups excluding carboxylic acids is 3. The standard InChI is InChI=1S/C28H28N2O3/c1-3-19-10-8-13-21-20(15-24-27(32)22-11-4-5-12-23(22)28(24)33)16-29(26(19)21)17-25(31)30-14-7-6-9-18(30)2/h4-5,8,10-13,15-16,18H,3,6-7,9,14,17H2,1-2H3/t18-/m0/s1. The summed E-state index contributed by atoms with van der Waals surface area (Å²) in [7, 11) is 0. The monoisotopic (exact) mass is 440 g/mol. The van der Waals surface area contributed by atoms with Crippen LogP contribution in [0.2, 0.25) is 0 Å². The normalized spacial score (nSPS) is 18.2. The summed E-state index contributed by atoms with van der Waals surface area (Å²) in [6.45, 7) is 5.27. The smallest absolute Gasteiger partial charge is 0.242 e. The Balaban J connectivity index is 1.57. The minimum Gasteiger partial charge on any atom is -0.338 e. The third-order valence-corrected chi connectivity index (χ3v) is 7.03. The summed E-state index contributed by atoms with van der Waals surface area (Å²) >= 11 is 0. The molecule has 1 amide bonds. The largest absolute Gasteiger partial charge is 0.338 e. The average Bonchev–Trinajstić information content (AvgIpc) is 3.30. The Morgan fingerprint density at radius 1 is 1.03 bits per heavy atom. The van der Waals surface area contributed by atoms with Crippen LogP contribution in [0.1, 0.15) is 65.0 Å². The molecular weight excluding hydrogens is 412 g/mol. The van der Waals surface area contributed by atoms with Crippen LogP contribution in [0.25, 0.3) is 17.0 Å². The second-order valence-corrected chi connectivity index (χ2v) is 9.07. The zero-order valence-corrected chi connectivity index (χ0v) is 19.1. The lowest BCUT2D eigenvalue weighted by Gasteiger charge is -2.33. The summed E-state index contributed by atoms with van der Waals surface area (Å²) in [5.74, 6) is -0.354. The number of fused-ring (bicyclic) bond motifs is 2. The van der Waals surface area contributed by atoms with Gasteiger partial charge in [0.25, 0.3) is 0 Å². The van der Waals surface area contributed by atoms with Crippen molar-refractivity contribution >= 4 is 34.5 Å². The summed E-state index contributed by atoms with van der Waals surface area (Å²) in [5.41, 5.74) is 4.05. The van der Waals surface area contributed by atoms with Gasteiger partial charge in [-0.15, -0.1) is 0 Å². The lowest BCUT2D eigenvalue weighted by Crippen LogP contribution is -2.43. The highest BCUT2D eigenvalue weighted by Crippen LogP contribution is 2.32. The molecule has 168 valence electrons. The molecule has 1 atom stereocenters. The first-order valence-electron chi connectivity index (χ1n) is 11.8. The van der Waals surface area contributed by atoms with Gasteiger partial charge in [0.05, 0.1) is 11.1 Å². The first-order valence-corrected chi connectivity index (χ1v) is 11.8. The lowest BCUT2D eigenvalue weighted by molar-refractivity contribution is -0.135. The van der Waals surface area contributed by atoms with E-state index in [0.717, 1.165) is 47.8 Å². The fraction of sp³-hybridized carbons (Fsp3) is 0.321. The maximum Gasteiger partial charge on any atom is 0.242 e. The highest BCUT2D eigenvalue weighted by molar-refractivity contribution is 6.41. The molecule has 2 heterocycles. The molecule has 1 aromatic heterocycles. The highest BCUT2D eigenvalue weighted by atomic mass is 16.2. The van der Waals surface area contributed by atoms with Gasteiger partial charge in [-0.2, -0.15) is 0 Å². The van der Waals surface area contributed by atoms with E-state index in [1.54, 1.807) is 30.3 Å².